The maximum atomic E-state index is 11.4. The molecule has 0 saturated heterocycles. The van der Waals surface area contributed by atoms with Gasteiger partial charge in [-0.1, -0.05) is 18.2 Å². The molecule has 4 heteroatoms. The van der Waals surface area contributed by atoms with Crippen molar-refractivity contribution in [2.24, 2.45) is 0 Å². The number of para-hydroxylation sites is 1. The normalized spacial score (nSPS) is 10.5. The number of H-pyrrole nitrogens is 1. The Kier molecular flexibility index (Phi) is 2.64. The second kappa shape index (κ2) is 3.95. The van der Waals surface area contributed by atoms with E-state index in [9.17, 15) is 4.79 Å². The van der Waals surface area contributed by atoms with Crippen molar-refractivity contribution in [1.82, 2.24) is 4.98 Å². The summed E-state index contributed by atoms with van der Waals surface area (Å²) < 4.78 is 0. The number of hydrogen-bond acceptors (Lipinski definition) is 1. The zero-order chi connectivity index (χ0) is 10.8. The number of amides is 1. The highest BCUT2D eigenvalue weighted by atomic mass is 35.5. The molecule has 0 spiro atoms. The summed E-state index contributed by atoms with van der Waals surface area (Å²) >= 11 is 5.51. The number of aromatic amines is 1. The van der Waals surface area contributed by atoms with Crippen LogP contribution in [-0.2, 0) is 4.79 Å². The summed E-state index contributed by atoms with van der Waals surface area (Å²) in [6, 6.07) is 7.84. The van der Waals surface area contributed by atoms with E-state index >= 15 is 0 Å². The molecule has 0 aliphatic rings. The van der Waals surface area contributed by atoms with Crippen LogP contribution in [0.2, 0.25) is 0 Å². The van der Waals surface area contributed by atoms with Crippen molar-refractivity contribution < 1.29 is 4.79 Å². The Hall–Kier alpha value is -1.48. The first kappa shape index (κ1) is 10.1. The van der Waals surface area contributed by atoms with Crippen LogP contribution in [0.15, 0.2) is 30.5 Å². The molecule has 2 aromatic rings. The van der Waals surface area contributed by atoms with Gasteiger partial charge in [0.25, 0.3) is 0 Å². The van der Waals surface area contributed by atoms with Crippen LogP contribution in [0, 0.1) is 0 Å². The molecular formula is C11H11ClN2O. The molecule has 15 heavy (non-hydrogen) atoms. The molecule has 1 heterocycles. The van der Waals surface area contributed by atoms with E-state index in [1.165, 1.54) is 0 Å². The lowest BCUT2D eigenvalue weighted by Crippen LogP contribution is -2.26. The first-order valence-electron chi connectivity index (χ1n) is 4.62. The van der Waals surface area contributed by atoms with Gasteiger partial charge < -0.3 is 9.88 Å². The maximum Gasteiger partial charge on any atom is 0.241 e. The summed E-state index contributed by atoms with van der Waals surface area (Å²) in [5, 5.41) is 1.03. The average Bonchev–Trinajstić information content (AvgIpc) is 2.70. The summed E-state index contributed by atoms with van der Waals surface area (Å²) in [7, 11) is 1.72. The average molecular weight is 223 g/mol. The number of hydrogen-bond donors (Lipinski definition) is 1. The maximum absolute atomic E-state index is 11.4. The molecule has 0 atom stereocenters. The quantitative estimate of drug-likeness (QED) is 0.779. The van der Waals surface area contributed by atoms with Crippen LogP contribution in [0.4, 0.5) is 5.69 Å². The van der Waals surface area contributed by atoms with E-state index in [0.29, 0.717) is 0 Å². The minimum absolute atomic E-state index is 0.00396. The molecule has 0 aliphatic heterocycles. The van der Waals surface area contributed by atoms with Crippen molar-refractivity contribution >= 4 is 34.1 Å². The first-order chi connectivity index (χ1) is 7.24. The summed E-state index contributed by atoms with van der Waals surface area (Å²) in [5.74, 6) is -0.114. The van der Waals surface area contributed by atoms with Gasteiger partial charge in [0.15, 0.2) is 0 Å². The number of alkyl halides is 1. The molecule has 0 bridgehead atoms. The van der Waals surface area contributed by atoms with Crippen molar-refractivity contribution in [2.45, 2.75) is 0 Å². The number of carbonyl (C=O) groups is 1. The van der Waals surface area contributed by atoms with Gasteiger partial charge >= 0.3 is 0 Å². The van der Waals surface area contributed by atoms with Crippen LogP contribution in [0.25, 0.3) is 10.9 Å². The Morgan fingerprint density at radius 1 is 1.47 bits per heavy atom. The molecule has 0 unspecified atom stereocenters. The number of fused-ring (bicyclic) bond motifs is 1. The lowest BCUT2D eigenvalue weighted by Gasteiger charge is -2.14. The number of halogens is 1. The van der Waals surface area contributed by atoms with Gasteiger partial charge in [0.1, 0.15) is 5.88 Å². The van der Waals surface area contributed by atoms with Gasteiger partial charge in [0.05, 0.1) is 5.69 Å². The van der Waals surface area contributed by atoms with Gasteiger partial charge in [-0.15, -0.1) is 11.6 Å². The number of nitrogens with zero attached hydrogens (tertiary/aromatic N) is 1. The minimum atomic E-state index is -0.110. The molecule has 0 saturated carbocycles. The predicted octanol–water partition coefficient (Wildman–Crippen LogP) is 2.37. The Balaban J connectivity index is 2.48. The minimum Gasteiger partial charge on any atom is -0.359 e. The molecule has 1 amide bonds. The van der Waals surface area contributed by atoms with Gasteiger partial charge in [-0.3, -0.25) is 4.79 Å². The smallest absolute Gasteiger partial charge is 0.241 e. The summed E-state index contributed by atoms with van der Waals surface area (Å²) in [5.41, 5.74) is 1.87. The van der Waals surface area contributed by atoms with E-state index in [1.54, 1.807) is 11.9 Å². The van der Waals surface area contributed by atoms with Crippen LogP contribution in [-0.4, -0.2) is 23.8 Å². The topological polar surface area (TPSA) is 36.1 Å². The van der Waals surface area contributed by atoms with Gasteiger partial charge in [0.2, 0.25) is 5.91 Å². The highest BCUT2D eigenvalue weighted by Crippen LogP contribution is 2.25. The standard InChI is InChI=1S/C11H11ClN2O/c1-14(11(15)6-12)10-7-13-9-5-3-2-4-8(9)10/h2-5,7,13H,6H2,1H3. The number of carbonyl (C=O) groups excluding carboxylic acids is 1. The number of nitrogens with one attached hydrogen (secondary N) is 1. The van der Waals surface area contributed by atoms with Crippen LogP contribution >= 0.6 is 11.6 Å². The van der Waals surface area contributed by atoms with Crippen molar-refractivity contribution in [2.75, 3.05) is 17.8 Å². The Labute approximate surface area is 92.6 Å². The van der Waals surface area contributed by atoms with E-state index in [2.05, 4.69) is 4.98 Å². The fraction of sp³-hybridized carbons (Fsp3) is 0.182. The molecule has 0 fully saturated rings. The molecule has 1 aromatic heterocycles. The number of anilines is 1. The largest absolute Gasteiger partial charge is 0.359 e. The van der Waals surface area contributed by atoms with Gasteiger partial charge in [-0.2, -0.15) is 0 Å². The molecular weight excluding hydrogens is 212 g/mol. The molecule has 1 N–H and O–H groups in total. The van der Waals surface area contributed by atoms with Gasteiger partial charge in [0, 0.05) is 24.1 Å². The lowest BCUT2D eigenvalue weighted by atomic mass is 10.2. The van der Waals surface area contributed by atoms with E-state index < -0.39 is 0 Å². The van der Waals surface area contributed by atoms with E-state index in [0.717, 1.165) is 16.6 Å². The van der Waals surface area contributed by atoms with E-state index in [1.807, 2.05) is 30.5 Å². The van der Waals surface area contributed by atoms with E-state index in [4.69, 9.17) is 11.6 Å². The van der Waals surface area contributed by atoms with Gasteiger partial charge in [-0.25, -0.2) is 0 Å². The highest BCUT2D eigenvalue weighted by molar-refractivity contribution is 6.29. The molecule has 1 aromatic carbocycles. The fourth-order valence-corrected chi connectivity index (χ4v) is 1.74. The monoisotopic (exact) mass is 222 g/mol. The number of benzene rings is 1. The third kappa shape index (κ3) is 1.70. The van der Waals surface area contributed by atoms with Crippen molar-refractivity contribution in [3.05, 3.63) is 30.5 Å². The fourth-order valence-electron chi connectivity index (χ4n) is 1.56. The Bertz CT molecular complexity index is 492. The second-order valence-electron chi connectivity index (χ2n) is 3.31. The summed E-state index contributed by atoms with van der Waals surface area (Å²) in [6.07, 6.45) is 1.81. The van der Waals surface area contributed by atoms with Gasteiger partial charge in [-0.05, 0) is 6.07 Å². The zero-order valence-electron chi connectivity index (χ0n) is 8.33. The molecule has 78 valence electrons. The molecule has 2 rings (SSSR count). The van der Waals surface area contributed by atoms with E-state index in [-0.39, 0.29) is 11.8 Å². The third-order valence-electron chi connectivity index (χ3n) is 2.42. The number of aromatic nitrogens is 1. The second-order valence-corrected chi connectivity index (χ2v) is 3.57. The molecule has 0 radical (unpaired) electrons. The molecule has 0 aliphatic carbocycles. The first-order valence-corrected chi connectivity index (χ1v) is 5.16. The van der Waals surface area contributed by atoms with Crippen LogP contribution in [0.1, 0.15) is 0 Å². The third-order valence-corrected chi connectivity index (χ3v) is 2.65. The van der Waals surface area contributed by atoms with Crippen LogP contribution in [0.3, 0.4) is 0 Å². The van der Waals surface area contributed by atoms with Crippen LogP contribution in [0.5, 0.6) is 0 Å². The van der Waals surface area contributed by atoms with Crippen molar-refractivity contribution in [1.29, 1.82) is 0 Å². The van der Waals surface area contributed by atoms with Crippen LogP contribution < -0.4 is 4.90 Å². The summed E-state index contributed by atoms with van der Waals surface area (Å²) in [4.78, 5) is 16.1. The zero-order valence-corrected chi connectivity index (χ0v) is 9.08. The number of rotatable bonds is 2. The van der Waals surface area contributed by atoms with Crippen molar-refractivity contribution in [3.63, 3.8) is 0 Å². The Morgan fingerprint density at radius 3 is 2.93 bits per heavy atom. The Morgan fingerprint density at radius 2 is 2.20 bits per heavy atom. The molecule has 3 nitrogen and oxygen atoms in total. The predicted molar refractivity (Wildman–Crippen MR) is 62.4 cm³/mol. The highest BCUT2D eigenvalue weighted by Gasteiger charge is 2.13. The SMILES string of the molecule is CN(C(=O)CCl)c1c[nH]c2ccccc12. The summed E-state index contributed by atoms with van der Waals surface area (Å²) in [6.45, 7) is 0. The van der Waals surface area contributed by atoms with Crippen molar-refractivity contribution in [3.8, 4) is 0 Å². The lowest BCUT2D eigenvalue weighted by molar-refractivity contribution is -0.116.